The van der Waals surface area contributed by atoms with Crippen molar-refractivity contribution in [3.05, 3.63) is 60.4 Å². The number of halogens is 2. The number of nitrogens with zero attached hydrogens (tertiary/aromatic N) is 1. The van der Waals surface area contributed by atoms with Crippen molar-refractivity contribution in [2.24, 2.45) is 4.99 Å². The van der Waals surface area contributed by atoms with E-state index in [0.717, 1.165) is 0 Å². The first-order valence-electron chi connectivity index (χ1n) is 9.63. The average molecular weight is 549 g/mol. The van der Waals surface area contributed by atoms with Crippen LogP contribution in [0.2, 0.25) is 0 Å². The fourth-order valence-electron chi connectivity index (χ4n) is 2.56. The molecule has 0 aliphatic heterocycles. The van der Waals surface area contributed by atoms with Gasteiger partial charge in [0, 0.05) is 13.1 Å². The number of hydrogen-bond donors (Lipinski definition) is 2. The molecule has 2 aromatic rings. The third-order valence-corrected chi connectivity index (χ3v) is 5.80. The molecule has 9 heteroatoms. The van der Waals surface area contributed by atoms with Crippen molar-refractivity contribution >= 4 is 39.8 Å². The Kier molecular flexibility index (Phi) is 11.7. The monoisotopic (exact) mass is 549 g/mol. The molecule has 0 saturated heterocycles. The van der Waals surface area contributed by atoms with Gasteiger partial charge in [0.05, 0.1) is 17.2 Å². The lowest BCUT2D eigenvalue weighted by Crippen LogP contribution is -2.39. The third-order valence-electron chi connectivity index (χ3n) is 3.99. The Morgan fingerprint density at radius 1 is 1.10 bits per heavy atom. The van der Waals surface area contributed by atoms with Crippen LogP contribution in [-0.2, 0) is 9.84 Å². The largest absolute Gasteiger partial charge is 0.489 e. The van der Waals surface area contributed by atoms with Gasteiger partial charge in [-0.15, -0.1) is 24.0 Å². The number of guanidine groups is 1. The fraction of sp³-hybridized carbons (Fsp3) is 0.381. The first kappa shape index (κ1) is 26.2. The molecule has 2 aromatic carbocycles. The molecule has 1 unspecified atom stereocenters. The molecule has 166 valence electrons. The molecule has 0 fully saturated rings. The number of ether oxygens (including phenoxy) is 1. The number of rotatable bonds is 10. The van der Waals surface area contributed by atoms with Crippen molar-refractivity contribution in [2.75, 3.05) is 25.4 Å². The predicted molar refractivity (Wildman–Crippen MR) is 129 cm³/mol. The minimum absolute atomic E-state index is 0. The van der Waals surface area contributed by atoms with Crippen LogP contribution in [-0.4, -0.2) is 45.9 Å². The lowest BCUT2D eigenvalue weighted by Gasteiger charge is -2.15. The summed E-state index contributed by atoms with van der Waals surface area (Å²) in [5.74, 6) is 0.932. The maximum absolute atomic E-state index is 12.9. The Morgan fingerprint density at radius 3 is 2.40 bits per heavy atom. The molecule has 0 heterocycles. The molecule has 0 bridgehead atoms. The summed E-state index contributed by atoms with van der Waals surface area (Å²) < 4.78 is 43.3. The van der Waals surface area contributed by atoms with E-state index in [0.29, 0.717) is 42.7 Å². The highest BCUT2D eigenvalue weighted by Crippen LogP contribution is 2.13. The highest BCUT2D eigenvalue weighted by molar-refractivity contribution is 14.0. The first-order chi connectivity index (χ1) is 13.9. The van der Waals surface area contributed by atoms with Crippen LogP contribution in [0.15, 0.2) is 64.5 Å². The van der Waals surface area contributed by atoms with Crippen LogP contribution < -0.4 is 15.4 Å². The zero-order valence-electron chi connectivity index (χ0n) is 17.2. The van der Waals surface area contributed by atoms with E-state index in [2.05, 4.69) is 15.6 Å². The molecule has 0 spiro atoms. The fourth-order valence-corrected chi connectivity index (χ4v) is 3.89. The summed E-state index contributed by atoms with van der Waals surface area (Å²) in [5.41, 5.74) is 0. The highest BCUT2D eigenvalue weighted by atomic mass is 127. The standard InChI is InChI=1S/C21H28FN3O3S.HI/c1-3-23-21(25-16-17(2)28-19-12-10-18(22)11-13-19)24-14-7-15-29(26,27)20-8-5-4-6-9-20;/h4-6,8-13,17H,3,7,14-16H2,1-2H3,(H2,23,24,25);1H. The summed E-state index contributed by atoms with van der Waals surface area (Å²) in [4.78, 5) is 4.81. The second-order valence-electron chi connectivity index (χ2n) is 6.51. The number of nitrogens with one attached hydrogen (secondary N) is 2. The zero-order valence-corrected chi connectivity index (χ0v) is 20.3. The number of benzene rings is 2. The van der Waals surface area contributed by atoms with Gasteiger partial charge in [0.15, 0.2) is 15.8 Å². The second kappa shape index (κ2) is 13.4. The molecular formula is C21H29FIN3O3S. The SMILES string of the molecule is CCNC(=NCC(C)Oc1ccc(F)cc1)NCCCS(=O)(=O)c1ccccc1.I. The molecule has 6 nitrogen and oxygen atoms in total. The van der Waals surface area contributed by atoms with E-state index in [1.165, 1.54) is 12.1 Å². The Morgan fingerprint density at radius 2 is 1.77 bits per heavy atom. The maximum atomic E-state index is 12.9. The predicted octanol–water partition coefficient (Wildman–Crippen LogP) is 3.63. The molecule has 0 amide bonds. The quantitative estimate of drug-likeness (QED) is 0.205. The minimum Gasteiger partial charge on any atom is -0.489 e. The number of hydrogen-bond acceptors (Lipinski definition) is 4. The van der Waals surface area contributed by atoms with Crippen molar-refractivity contribution in [3.8, 4) is 5.75 Å². The molecular weight excluding hydrogens is 520 g/mol. The van der Waals surface area contributed by atoms with E-state index < -0.39 is 9.84 Å². The van der Waals surface area contributed by atoms with E-state index in [-0.39, 0.29) is 41.7 Å². The molecule has 0 aliphatic rings. The van der Waals surface area contributed by atoms with Crippen molar-refractivity contribution in [1.82, 2.24) is 10.6 Å². The lowest BCUT2D eigenvalue weighted by atomic mass is 10.3. The Hall–Kier alpha value is -1.88. The highest BCUT2D eigenvalue weighted by Gasteiger charge is 2.13. The molecule has 2 rings (SSSR count). The minimum atomic E-state index is -3.28. The van der Waals surface area contributed by atoms with Gasteiger partial charge in [-0.3, -0.25) is 0 Å². The van der Waals surface area contributed by atoms with Crippen LogP contribution in [0.4, 0.5) is 4.39 Å². The summed E-state index contributed by atoms with van der Waals surface area (Å²) in [5, 5.41) is 6.26. The van der Waals surface area contributed by atoms with Gasteiger partial charge < -0.3 is 15.4 Å². The van der Waals surface area contributed by atoms with Crippen molar-refractivity contribution in [2.45, 2.75) is 31.3 Å². The maximum Gasteiger partial charge on any atom is 0.191 e. The molecule has 0 radical (unpaired) electrons. The Labute approximate surface area is 195 Å². The lowest BCUT2D eigenvalue weighted by molar-refractivity contribution is 0.230. The summed E-state index contributed by atoms with van der Waals surface area (Å²) in [6.45, 7) is 5.39. The van der Waals surface area contributed by atoms with Gasteiger partial charge in [-0.2, -0.15) is 0 Å². The first-order valence-corrected chi connectivity index (χ1v) is 11.3. The van der Waals surface area contributed by atoms with Crippen LogP contribution >= 0.6 is 24.0 Å². The van der Waals surface area contributed by atoms with Gasteiger partial charge in [-0.05, 0) is 56.7 Å². The van der Waals surface area contributed by atoms with Gasteiger partial charge in [-0.25, -0.2) is 17.8 Å². The molecule has 2 N–H and O–H groups in total. The average Bonchev–Trinajstić information content (AvgIpc) is 2.71. The summed E-state index contributed by atoms with van der Waals surface area (Å²) >= 11 is 0. The van der Waals surface area contributed by atoms with E-state index in [1.807, 2.05) is 13.8 Å². The molecule has 0 saturated carbocycles. The normalized spacial score (nSPS) is 12.6. The van der Waals surface area contributed by atoms with E-state index in [9.17, 15) is 12.8 Å². The summed E-state index contributed by atoms with van der Waals surface area (Å²) in [6.07, 6.45) is 0.262. The third kappa shape index (κ3) is 9.29. The molecule has 30 heavy (non-hydrogen) atoms. The van der Waals surface area contributed by atoms with Crippen molar-refractivity contribution < 1.29 is 17.5 Å². The van der Waals surface area contributed by atoms with Crippen LogP contribution in [0.1, 0.15) is 20.3 Å². The van der Waals surface area contributed by atoms with Crippen LogP contribution in [0, 0.1) is 5.82 Å². The van der Waals surface area contributed by atoms with Gasteiger partial charge in [-0.1, -0.05) is 18.2 Å². The van der Waals surface area contributed by atoms with E-state index >= 15 is 0 Å². The van der Waals surface area contributed by atoms with Gasteiger partial charge in [0.25, 0.3) is 0 Å². The number of aliphatic imine (C=N–C) groups is 1. The van der Waals surface area contributed by atoms with Crippen LogP contribution in [0.5, 0.6) is 5.75 Å². The van der Waals surface area contributed by atoms with Gasteiger partial charge in [0.1, 0.15) is 17.7 Å². The summed E-state index contributed by atoms with van der Waals surface area (Å²) in [6, 6.07) is 14.3. The molecule has 0 aliphatic carbocycles. The zero-order chi connectivity index (χ0) is 21.1. The number of sulfone groups is 1. The van der Waals surface area contributed by atoms with Crippen molar-refractivity contribution in [1.29, 1.82) is 0 Å². The van der Waals surface area contributed by atoms with Gasteiger partial charge in [0.2, 0.25) is 0 Å². The molecule has 1 atom stereocenters. The second-order valence-corrected chi connectivity index (χ2v) is 8.62. The summed E-state index contributed by atoms with van der Waals surface area (Å²) in [7, 11) is -3.28. The molecule has 0 aromatic heterocycles. The Bertz CT molecular complexity index is 878. The van der Waals surface area contributed by atoms with Crippen LogP contribution in [0.3, 0.4) is 0 Å². The van der Waals surface area contributed by atoms with Crippen molar-refractivity contribution in [3.63, 3.8) is 0 Å². The topological polar surface area (TPSA) is 79.8 Å². The van der Waals surface area contributed by atoms with E-state index in [1.54, 1.807) is 42.5 Å². The Balaban J connectivity index is 0.00000450. The van der Waals surface area contributed by atoms with Crippen LogP contribution in [0.25, 0.3) is 0 Å². The van der Waals surface area contributed by atoms with Gasteiger partial charge >= 0.3 is 0 Å². The smallest absolute Gasteiger partial charge is 0.191 e. The van der Waals surface area contributed by atoms with E-state index in [4.69, 9.17) is 4.74 Å².